The first-order valence-corrected chi connectivity index (χ1v) is 5.58. The lowest BCUT2D eigenvalue weighted by Crippen LogP contribution is -2.24. The topological polar surface area (TPSA) is 45.5 Å². The number of nitrogens with one attached hydrogen (secondary N) is 1. The first-order chi connectivity index (χ1) is 7.81. The van der Waals surface area contributed by atoms with Crippen LogP contribution in [0.15, 0.2) is 24.4 Å². The van der Waals surface area contributed by atoms with E-state index in [1.54, 1.807) is 4.52 Å². The summed E-state index contributed by atoms with van der Waals surface area (Å²) in [6.07, 6.45) is 3.07. The van der Waals surface area contributed by atoms with Crippen molar-refractivity contribution in [2.75, 3.05) is 25.5 Å². The molecule has 1 N–H and O–H groups in total. The van der Waals surface area contributed by atoms with Crippen LogP contribution in [-0.4, -0.2) is 45.7 Å². The predicted molar refractivity (Wildman–Crippen MR) is 62.5 cm³/mol. The predicted octanol–water partition coefficient (Wildman–Crippen LogP) is 0.845. The van der Waals surface area contributed by atoms with Gasteiger partial charge in [0.2, 0.25) is 5.95 Å². The number of pyridine rings is 1. The van der Waals surface area contributed by atoms with E-state index in [1.165, 1.54) is 0 Å². The molecule has 1 saturated heterocycles. The Labute approximate surface area is 94.1 Å². The Morgan fingerprint density at radius 2 is 2.38 bits per heavy atom. The van der Waals surface area contributed by atoms with Gasteiger partial charge in [-0.1, -0.05) is 6.07 Å². The maximum absolute atomic E-state index is 4.42. The van der Waals surface area contributed by atoms with Gasteiger partial charge in [0.1, 0.15) is 0 Å². The van der Waals surface area contributed by atoms with Crippen LogP contribution in [-0.2, 0) is 0 Å². The zero-order chi connectivity index (χ0) is 11.0. The maximum Gasteiger partial charge on any atom is 0.243 e. The molecule has 0 radical (unpaired) electrons. The molecule has 3 heterocycles. The number of hydrogen-bond donors (Lipinski definition) is 1. The highest BCUT2D eigenvalue weighted by molar-refractivity contribution is 5.43. The van der Waals surface area contributed by atoms with E-state index in [0.717, 1.165) is 31.1 Å². The van der Waals surface area contributed by atoms with Crippen molar-refractivity contribution in [3.63, 3.8) is 0 Å². The van der Waals surface area contributed by atoms with E-state index in [9.17, 15) is 0 Å². The lowest BCUT2D eigenvalue weighted by Gasteiger charge is -2.10. The highest BCUT2D eigenvalue weighted by atomic mass is 15.4. The SMILES string of the molecule is CN1CCC(Nc2nc3ccccn3n2)C1. The molecule has 2 aromatic rings. The number of likely N-dealkylation sites (tertiary alicyclic amines) is 1. The van der Waals surface area contributed by atoms with Gasteiger partial charge in [-0.3, -0.25) is 0 Å². The Kier molecular flexibility index (Phi) is 2.25. The molecular weight excluding hydrogens is 202 g/mol. The van der Waals surface area contributed by atoms with E-state index in [-0.39, 0.29) is 0 Å². The second-order valence-corrected chi connectivity index (χ2v) is 4.33. The number of nitrogens with zero attached hydrogens (tertiary/aromatic N) is 4. The third kappa shape index (κ3) is 1.74. The van der Waals surface area contributed by atoms with E-state index in [1.807, 2.05) is 24.4 Å². The molecule has 0 amide bonds. The van der Waals surface area contributed by atoms with Crippen LogP contribution in [0, 0.1) is 0 Å². The molecule has 16 heavy (non-hydrogen) atoms. The summed E-state index contributed by atoms with van der Waals surface area (Å²) in [5.74, 6) is 0.728. The second-order valence-electron chi connectivity index (χ2n) is 4.33. The van der Waals surface area contributed by atoms with Crippen molar-refractivity contribution in [2.45, 2.75) is 12.5 Å². The molecule has 0 spiro atoms. The number of rotatable bonds is 2. The van der Waals surface area contributed by atoms with Gasteiger partial charge in [0, 0.05) is 18.8 Å². The minimum atomic E-state index is 0.474. The molecule has 5 nitrogen and oxygen atoms in total. The van der Waals surface area contributed by atoms with Crippen LogP contribution in [0.3, 0.4) is 0 Å². The fourth-order valence-electron chi connectivity index (χ4n) is 2.13. The minimum absolute atomic E-state index is 0.474. The summed E-state index contributed by atoms with van der Waals surface area (Å²) in [4.78, 5) is 6.74. The fourth-order valence-corrected chi connectivity index (χ4v) is 2.13. The Bertz CT molecular complexity index is 459. The first-order valence-electron chi connectivity index (χ1n) is 5.58. The average Bonchev–Trinajstić information content (AvgIpc) is 2.84. The normalized spacial score (nSPS) is 21.7. The molecule has 1 atom stereocenters. The van der Waals surface area contributed by atoms with Crippen LogP contribution in [0.1, 0.15) is 6.42 Å². The molecule has 1 unspecified atom stereocenters. The van der Waals surface area contributed by atoms with Gasteiger partial charge in [0.25, 0.3) is 0 Å². The van der Waals surface area contributed by atoms with Crippen LogP contribution in [0.25, 0.3) is 5.65 Å². The Morgan fingerprint density at radius 1 is 1.44 bits per heavy atom. The van der Waals surface area contributed by atoms with Gasteiger partial charge < -0.3 is 10.2 Å². The molecule has 0 aromatic carbocycles. The fraction of sp³-hybridized carbons (Fsp3) is 0.455. The van der Waals surface area contributed by atoms with Crippen LogP contribution in [0.4, 0.5) is 5.95 Å². The van der Waals surface area contributed by atoms with E-state index in [0.29, 0.717) is 6.04 Å². The average molecular weight is 217 g/mol. The summed E-state index contributed by atoms with van der Waals surface area (Å²) < 4.78 is 1.79. The summed E-state index contributed by atoms with van der Waals surface area (Å²) in [5.41, 5.74) is 0.886. The molecule has 3 rings (SSSR count). The van der Waals surface area contributed by atoms with E-state index in [4.69, 9.17) is 0 Å². The van der Waals surface area contributed by atoms with Crippen molar-refractivity contribution in [1.29, 1.82) is 0 Å². The smallest absolute Gasteiger partial charge is 0.243 e. The Hall–Kier alpha value is -1.62. The van der Waals surface area contributed by atoms with Crippen molar-refractivity contribution < 1.29 is 0 Å². The molecule has 0 bridgehead atoms. The van der Waals surface area contributed by atoms with E-state index in [2.05, 4.69) is 27.3 Å². The van der Waals surface area contributed by atoms with Crippen LogP contribution >= 0.6 is 0 Å². The summed E-state index contributed by atoms with van der Waals surface area (Å²) in [6, 6.07) is 6.35. The standard InChI is InChI=1S/C11H15N5/c1-15-7-5-9(8-15)12-11-13-10-4-2-3-6-16(10)14-11/h2-4,6,9H,5,7-8H2,1H3,(H,12,14). The molecule has 1 aliphatic rings. The third-order valence-corrected chi connectivity index (χ3v) is 2.97. The van der Waals surface area contributed by atoms with Gasteiger partial charge in [-0.05, 0) is 32.1 Å². The number of hydrogen-bond acceptors (Lipinski definition) is 4. The van der Waals surface area contributed by atoms with Gasteiger partial charge in [-0.15, -0.1) is 5.10 Å². The summed E-state index contributed by atoms with van der Waals surface area (Å²) in [6.45, 7) is 2.21. The quantitative estimate of drug-likeness (QED) is 0.810. The molecule has 2 aromatic heterocycles. The number of anilines is 1. The van der Waals surface area contributed by atoms with Gasteiger partial charge in [0.05, 0.1) is 0 Å². The zero-order valence-electron chi connectivity index (χ0n) is 9.30. The molecule has 5 heteroatoms. The van der Waals surface area contributed by atoms with Gasteiger partial charge >= 0.3 is 0 Å². The van der Waals surface area contributed by atoms with Crippen LogP contribution in [0.5, 0.6) is 0 Å². The molecule has 0 aliphatic carbocycles. The van der Waals surface area contributed by atoms with Gasteiger partial charge in [0.15, 0.2) is 5.65 Å². The van der Waals surface area contributed by atoms with Crippen molar-refractivity contribution in [1.82, 2.24) is 19.5 Å². The van der Waals surface area contributed by atoms with Crippen molar-refractivity contribution in [3.8, 4) is 0 Å². The highest BCUT2D eigenvalue weighted by Gasteiger charge is 2.20. The maximum atomic E-state index is 4.42. The van der Waals surface area contributed by atoms with Crippen molar-refractivity contribution >= 4 is 11.6 Å². The zero-order valence-corrected chi connectivity index (χ0v) is 9.30. The molecule has 1 aliphatic heterocycles. The van der Waals surface area contributed by atoms with Crippen LogP contribution in [0.2, 0.25) is 0 Å². The lowest BCUT2D eigenvalue weighted by molar-refractivity contribution is 0.414. The number of likely N-dealkylation sites (N-methyl/N-ethyl adjacent to an activating group) is 1. The van der Waals surface area contributed by atoms with Gasteiger partial charge in [-0.25, -0.2) is 4.52 Å². The van der Waals surface area contributed by atoms with Crippen molar-refractivity contribution in [2.24, 2.45) is 0 Å². The second kappa shape index (κ2) is 3.75. The van der Waals surface area contributed by atoms with Gasteiger partial charge in [-0.2, -0.15) is 4.98 Å². The largest absolute Gasteiger partial charge is 0.349 e. The third-order valence-electron chi connectivity index (χ3n) is 2.97. The molecular formula is C11H15N5. The Balaban J connectivity index is 1.79. The molecule has 84 valence electrons. The number of aromatic nitrogens is 3. The summed E-state index contributed by atoms with van der Waals surface area (Å²) in [7, 11) is 2.14. The summed E-state index contributed by atoms with van der Waals surface area (Å²) in [5, 5.41) is 7.75. The highest BCUT2D eigenvalue weighted by Crippen LogP contribution is 2.12. The number of fused-ring (bicyclic) bond motifs is 1. The van der Waals surface area contributed by atoms with E-state index < -0.39 is 0 Å². The monoisotopic (exact) mass is 217 g/mol. The molecule has 1 fully saturated rings. The lowest BCUT2D eigenvalue weighted by atomic mass is 10.3. The minimum Gasteiger partial charge on any atom is -0.349 e. The molecule has 0 saturated carbocycles. The first kappa shape index (κ1) is 9.59. The van der Waals surface area contributed by atoms with E-state index >= 15 is 0 Å². The summed E-state index contributed by atoms with van der Waals surface area (Å²) >= 11 is 0. The van der Waals surface area contributed by atoms with Crippen LogP contribution < -0.4 is 5.32 Å². The Morgan fingerprint density at radius 3 is 3.12 bits per heavy atom. The van der Waals surface area contributed by atoms with Crippen molar-refractivity contribution in [3.05, 3.63) is 24.4 Å².